The third-order valence-electron chi connectivity index (χ3n) is 1.49. The molecule has 1 atom stereocenters. The van der Waals surface area contributed by atoms with Crippen molar-refractivity contribution in [2.75, 3.05) is 12.3 Å². The average Bonchev–Trinajstić information content (AvgIpc) is 2.55. The van der Waals surface area contributed by atoms with Gasteiger partial charge in [-0.2, -0.15) is 0 Å². The summed E-state index contributed by atoms with van der Waals surface area (Å²) in [5.41, 5.74) is 5.12. The molecule has 3 N–H and O–H groups in total. The van der Waals surface area contributed by atoms with Crippen LogP contribution < -0.4 is 5.73 Å². The first-order valence-electron chi connectivity index (χ1n) is 3.70. The van der Waals surface area contributed by atoms with Crippen LogP contribution in [0.1, 0.15) is 0 Å². The van der Waals surface area contributed by atoms with Crippen LogP contribution in [0, 0.1) is 0 Å². The summed E-state index contributed by atoms with van der Waals surface area (Å²) in [6, 6.07) is 3.18. The molecule has 0 saturated carbocycles. The highest BCUT2D eigenvalue weighted by atomic mass is 32.2. The molecule has 0 fully saturated rings. The van der Waals surface area contributed by atoms with Gasteiger partial charge >= 0.3 is 0 Å². The van der Waals surface area contributed by atoms with Gasteiger partial charge < -0.3 is 10.8 Å². The first kappa shape index (κ1) is 10.6. The van der Waals surface area contributed by atoms with Gasteiger partial charge in [0.05, 0.1) is 11.9 Å². The maximum atomic E-state index is 11.5. The van der Waals surface area contributed by atoms with Gasteiger partial charge in [0.1, 0.15) is 4.21 Å². The Bertz CT molecular complexity index is 344. The molecule has 4 nitrogen and oxygen atoms in total. The van der Waals surface area contributed by atoms with Crippen molar-refractivity contribution in [2.45, 2.75) is 10.3 Å². The first-order valence-corrected chi connectivity index (χ1v) is 6.24. The van der Waals surface area contributed by atoms with Crippen LogP contribution in [-0.4, -0.2) is 31.9 Å². The lowest BCUT2D eigenvalue weighted by molar-refractivity contribution is 0.205. The molecular formula is C7H11NO3S2. The molecule has 0 saturated heterocycles. The van der Waals surface area contributed by atoms with Crippen molar-refractivity contribution in [3.8, 4) is 0 Å². The predicted molar refractivity (Wildman–Crippen MR) is 51.4 cm³/mol. The van der Waals surface area contributed by atoms with Crippen molar-refractivity contribution in [3.05, 3.63) is 17.5 Å². The normalized spacial score (nSPS) is 14.3. The van der Waals surface area contributed by atoms with E-state index in [-0.39, 0.29) is 16.5 Å². The second-order valence-corrected chi connectivity index (χ2v) is 5.81. The minimum absolute atomic E-state index is 0.0371. The smallest absolute Gasteiger partial charge is 0.190 e. The monoisotopic (exact) mass is 221 g/mol. The van der Waals surface area contributed by atoms with Crippen LogP contribution in [0.15, 0.2) is 21.7 Å². The van der Waals surface area contributed by atoms with E-state index in [1.165, 1.54) is 6.07 Å². The molecule has 0 radical (unpaired) electrons. The van der Waals surface area contributed by atoms with E-state index in [0.717, 1.165) is 11.3 Å². The number of sulfone groups is 1. The van der Waals surface area contributed by atoms with Crippen molar-refractivity contribution >= 4 is 21.2 Å². The SMILES string of the molecule is NC[C@@H](O)CS(=O)(=O)c1cccs1. The highest BCUT2D eigenvalue weighted by Gasteiger charge is 2.19. The van der Waals surface area contributed by atoms with Crippen molar-refractivity contribution in [3.63, 3.8) is 0 Å². The van der Waals surface area contributed by atoms with Crippen LogP contribution in [0.3, 0.4) is 0 Å². The standard InChI is InChI=1S/C7H11NO3S2/c8-4-6(9)5-13(10,11)7-2-1-3-12-7/h1-3,6,9H,4-5,8H2/t6-/m1/s1. The van der Waals surface area contributed by atoms with E-state index in [2.05, 4.69) is 0 Å². The van der Waals surface area contributed by atoms with Gasteiger partial charge in [0.15, 0.2) is 9.84 Å². The Hall–Kier alpha value is -0.430. The van der Waals surface area contributed by atoms with Gasteiger partial charge in [-0.3, -0.25) is 0 Å². The predicted octanol–water partition coefficient (Wildman–Crippen LogP) is -0.159. The minimum Gasteiger partial charge on any atom is -0.391 e. The van der Waals surface area contributed by atoms with Gasteiger partial charge in [0.2, 0.25) is 0 Å². The summed E-state index contributed by atoms with van der Waals surface area (Å²) in [6.45, 7) is -0.0371. The molecule has 0 amide bonds. The van der Waals surface area contributed by atoms with Crippen molar-refractivity contribution in [1.29, 1.82) is 0 Å². The summed E-state index contributed by atoms with van der Waals surface area (Å²) in [5.74, 6) is -0.302. The number of nitrogens with two attached hydrogens (primary N) is 1. The molecule has 0 unspecified atom stereocenters. The van der Waals surface area contributed by atoms with Crippen molar-refractivity contribution in [1.82, 2.24) is 0 Å². The Morgan fingerprint density at radius 3 is 2.77 bits per heavy atom. The van der Waals surface area contributed by atoms with Crippen LogP contribution in [0.25, 0.3) is 0 Å². The van der Waals surface area contributed by atoms with E-state index in [9.17, 15) is 8.42 Å². The molecule has 0 aromatic carbocycles. The molecule has 74 valence electrons. The number of rotatable bonds is 4. The fourth-order valence-corrected chi connectivity index (χ4v) is 3.34. The van der Waals surface area contributed by atoms with E-state index >= 15 is 0 Å². The number of thiophene rings is 1. The summed E-state index contributed by atoms with van der Waals surface area (Å²) in [6.07, 6.45) is -0.980. The van der Waals surface area contributed by atoms with Crippen LogP contribution in [-0.2, 0) is 9.84 Å². The summed E-state index contributed by atoms with van der Waals surface area (Å²) in [5, 5.41) is 10.8. The van der Waals surface area contributed by atoms with E-state index < -0.39 is 15.9 Å². The zero-order valence-corrected chi connectivity index (χ0v) is 8.51. The summed E-state index contributed by atoms with van der Waals surface area (Å²) >= 11 is 1.14. The molecule has 1 rings (SSSR count). The fraction of sp³-hybridized carbons (Fsp3) is 0.429. The fourth-order valence-electron chi connectivity index (χ4n) is 0.844. The molecular weight excluding hydrogens is 210 g/mol. The average molecular weight is 221 g/mol. The molecule has 13 heavy (non-hydrogen) atoms. The third-order valence-corrected chi connectivity index (χ3v) is 4.77. The number of aliphatic hydroxyl groups excluding tert-OH is 1. The number of hydrogen-bond acceptors (Lipinski definition) is 5. The topological polar surface area (TPSA) is 80.4 Å². The van der Waals surface area contributed by atoms with Gasteiger partial charge in [-0.05, 0) is 11.4 Å². The molecule has 0 aliphatic carbocycles. The lowest BCUT2D eigenvalue weighted by Crippen LogP contribution is -2.28. The Labute approximate surface area is 80.9 Å². The Morgan fingerprint density at radius 1 is 1.62 bits per heavy atom. The quantitative estimate of drug-likeness (QED) is 0.740. The Balaban J connectivity index is 2.79. The van der Waals surface area contributed by atoms with Gasteiger partial charge in [-0.15, -0.1) is 11.3 Å². The van der Waals surface area contributed by atoms with Crippen LogP contribution in [0.2, 0.25) is 0 Å². The molecule has 0 spiro atoms. The Morgan fingerprint density at radius 2 is 2.31 bits per heavy atom. The summed E-state index contributed by atoms with van der Waals surface area (Å²) in [4.78, 5) is 0. The van der Waals surface area contributed by atoms with Gasteiger partial charge in [0, 0.05) is 6.54 Å². The Kier molecular flexibility index (Phi) is 3.43. The number of hydrogen-bond donors (Lipinski definition) is 2. The molecule has 0 aliphatic rings. The van der Waals surface area contributed by atoms with Gasteiger partial charge in [-0.1, -0.05) is 6.07 Å². The van der Waals surface area contributed by atoms with Crippen LogP contribution in [0.4, 0.5) is 0 Å². The van der Waals surface area contributed by atoms with E-state index in [1.54, 1.807) is 11.4 Å². The van der Waals surface area contributed by atoms with Gasteiger partial charge in [-0.25, -0.2) is 8.42 Å². The molecule has 1 heterocycles. The molecule has 1 aromatic rings. The van der Waals surface area contributed by atoms with E-state index in [0.29, 0.717) is 0 Å². The third kappa shape index (κ3) is 2.77. The lowest BCUT2D eigenvalue weighted by atomic mass is 10.4. The highest BCUT2D eigenvalue weighted by molar-refractivity contribution is 7.93. The molecule has 0 bridgehead atoms. The van der Waals surface area contributed by atoms with Gasteiger partial charge in [0.25, 0.3) is 0 Å². The minimum atomic E-state index is -3.34. The largest absolute Gasteiger partial charge is 0.391 e. The summed E-state index contributed by atoms with van der Waals surface area (Å²) in [7, 11) is -3.34. The molecule has 6 heteroatoms. The second kappa shape index (κ2) is 4.19. The van der Waals surface area contributed by atoms with Crippen molar-refractivity contribution < 1.29 is 13.5 Å². The number of aliphatic hydroxyl groups is 1. The van der Waals surface area contributed by atoms with E-state index in [4.69, 9.17) is 10.8 Å². The zero-order chi connectivity index (χ0) is 9.90. The first-order chi connectivity index (χ1) is 6.06. The maximum absolute atomic E-state index is 11.5. The van der Waals surface area contributed by atoms with E-state index in [1.807, 2.05) is 0 Å². The van der Waals surface area contributed by atoms with Crippen LogP contribution >= 0.6 is 11.3 Å². The maximum Gasteiger partial charge on any atom is 0.190 e. The highest BCUT2D eigenvalue weighted by Crippen LogP contribution is 2.17. The lowest BCUT2D eigenvalue weighted by Gasteiger charge is -2.06. The van der Waals surface area contributed by atoms with Crippen LogP contribution in [0.5, 0.6) is 0 Å². The second-order valence-electron chi connectivity index (χ2n) is 2.60. The zero-order valence-electron chi connectivity index (χ0n) is 6.88. The summed E-state index contributed by atoms with van der Waals surface area (Å²) < 4.78 is 23.2. The molecule has 0 aliphatic heterocycles. The van der Waals surface area contributed by atoms with Crippen molar-refractivity contribution in [2.24, 2.45) is 5.73 Å². The molecule has 1 aromatic heterocycles.